The van der Waals surface area contributed by atoms with Gasteiger partial charge in [-0.25, -0.2) is 4.39 Å². The van der Waals surface area contributed by atoms with Crippen molar-refractivity contribution in [3.63, 3.8) is 0 Å². The number of rotatable bonds is 8. The van der Waals surface area contributed by atoms with E-state index in [4.69, 9.17) is 11.6 Å². The number of aromatic nitrogens is 3. The lowest BCUT2D eigenvalue weighted by molar-refractivity contribution is 0.305. The van der Waals surface area contributed by atoms with Crippen LogP contribution in [0.1, 0.15) is 18.8 Å². The van der Waals surface area contributed by atoms with E-state index in [-0.39, 0.29) is 11.9 Å². The summed E-state index contributed by atoms with van der Waals surface area (Å²) in [6, 6.07) is 14.4. The Balaban J connectivity index is 1.74. The second kappa shape index (κ2) is 9.78. The molecule has 4 nitrogen and oxygen atoms in total. The second-order valence-electron chi connectivity index (χ2n) is 6.44. The maximum Gasteiger partial charge on any atom is 0.195 e. The zero-order valence-electron chi connectivity index (χ0n) is 16.0. The van der Waals surface area contributed by atoms with Gasteiger partial charge in [-0.15, -0.1) is 22.0 Å². The van der Waals surface area contributed by atoms with Crippen LogP contribution in [0, 0.1) is 5.82 Å². The normalized spacial score (nSPS) is 12.5. The molecule has 8 heteroatoms. The van der Waals surface area contributed by atoms with E-state index in [0.29, 0.717) is 5.02 Å². The van der Waals surface area contributed by atoms with Crippen LogP contribution in [0.2, 0.25) is 5.02 Å². The molecule has 0 radical (unpaired) electrons. The van der Waals surface area contributed by atoms with Crippen molar-refractivity contribution in [2.45, 2.75) is 23.0 Å². The molecule has 0 saturated carbocycles. The van der Waals surface area contributed by atoms with Crippen molar-refractivity contribution >= 4 is 35.1 Å². The van der Waals surface area contributed by atoms with Crippen LogP contribution >= 0.6 is 35.1 Å². The first-order valence-electron chi connectivity index (χ1n) is 8.84. The number of hydrogen-bond acceptors (Lipinski definition) is 5. The third kappa shape index (κ3) is 5.29. The summed E-state index contributed by atoms with van der Waals surface area (Å²) in [4.78, 5) is 3.16. The summed E-state index contributed by atoms with van der Waals surface area (Å²) in [7, 11) is 4.05. The zero-order chi connectivity index (χ0) is 20.1. The highest BCUT2D eigenvalue weighted by Gasteiger charge is 2.20. The molecule has 0 N–H and O–H groups in total. The van der Waals surface area contributed by atoms with Crippen LogP contribution in [0.3, 0.4) is 0 Å². The minimum Gasteiger partial charge on any atom is -0.300 e. The first-order chi connectivity index (χ1) is 13.5. The SMILES string of the molecule is C[C@@H](c1nnc(SCCSc2ccc(F)cc2)n1-c1ccc(Cl)cc1)N(C)C. The first-order valence-corrected chi connectivity index (χ1v) is 11.2. The highest BCUT2D eigenvalue weighted by atomic mass is 35.5. The summed E-state index contributed by atoms with van der Waals surface area (Å²) in [5.74, 6) is 2.44. The van der Waals surface area contributed by atoms with Crippen molar-refractivity contribution in [1.82, 2.24) is 19.7 Å². The van der Waals surface area contributed by atoms with Crippen LogP contribution in [0.5, 0.6) is 0 Å². The van der Waals surface area contributed by atoms with Gasteiger partial charge in [-0.05, 0) is 69.6 Å². The van der Waals surface area contributed by atoms with Crippen LogP contribution in [0.15, 0.2) is 58.6 Å². The number of benzene rings is 2. The minimum absolute atomic E-state index is 0.117. The molecule has 0 aliphatic carbocycles. The fourth-order valence-electron chi connectivity index (χ4n) is 2.53. The second-order valence-corrected chi connectivity index (χ2v) is 9.11. The van der Waals surface area contributed by atoms with Crippen LogP contribution in [-0.4, -0.2) is 45.3 Å². The van der Waals surface area contributed by atoms with Crippen molar-refractivity contribution in [3.8, 4) is 5.69 Å². The standard InChI is InChI=1S/C20H22ClFN4S2/c1-14(25(2)3)19-23-24-20(26(19)17-8-4-15(21)5-9-17)28-13-12-27-18-10-6-16(22)7-11-18/h4-11,14H,12-13H2,1-3H3/t14-/m0/s1. The average molecular weight is 437 g/mol. The predicted octanol–water partition coefficient (Wildman–Crippen LogP) is 5.57. The van der Waals surface area contributed by atoms with Crippen molar-refractivity contribution in [2.75, 3.05) is 25.6 Å². The number of hydrogen-bond donors (Lipinski definition) is 0. The lowest BCUT2D eigenvalue weighted by atomic mass is 10.2. The van der Waals surface area contributed by atoms with E-state index in [1.807, 2.05) is 38.4 Å². The molecule has 0 unspecified atom stereocenters. The summed E-state index contributed by atoms with van der Waals surface area (Å²) >= 11 is 9.42. The molecular formula is C20H22ClFN4S2. The van der Waals surface area contributed by atoms with E-state index in [9.17, 15) is 4.39 Å². The molecule has 3 rings (SSSR count). The number of nitrogens with zero attached hydrogens (tertiary/aromatic N) is 4. The molecular weight excluding hydrogens is 415 g/mol. The Labute approximate surface area is 178 Å². The Morgan fingerprint density at radius 3 is 2.29 bits per heavy atom. The molecule has 0 aliphatic rings. The lowest BCUT2D eigenvalue weighted by Gasteiger charge is -2.20. The molecule has 0 bridgehead atoms. The average Bonchev–Trinajstić information content (AvgIpc) is 3.10. The maximum atomic E-state index is 13.0. The fraction of sp³-hybridized carbons (Fsp3) is 0.300. The summed E-state index contributed by atoms with van der Waals surface area (Å²) in [6.07, 6.45) is 0. The largest absolute Gasteiger partial charge is 0.300 e. The van der Waals surface area contributed by atoms with E-state index in [1.54, 1.807) is 35.7 Å². The van der Waals surface area contributed by atoms with E-state index in [1.165, 1.54) is 12.1 Å². The third-order valence-electron chi connectivity index (χ3n) is 4.29. The van der Waals surface area contributed by atoms with E-state index < -0.39 is 0 Å². The van der Waals surface area contributed by atoms with Gasteiger partial charge in [-0.2, -0.15) is 0 Å². The summed E-state index contributed by atoms with van der Waals surface area (Å²) < 4.78 is 15.1. The van der Waals surface area contributed by atoms with E-state index in [0.717, 1.165) is 33.1 Å². The van der Waals surface area contributed by atoms with Crippen LogP contribution in [-0.2, 0) is 0 Å². The Morgan fingerprint density at radius 2 is 1.64 bits per heavy atom. The lowest BCUT2D eigenvalue weighted by Crippen LogP contribution is -2.20. The van der Waals surface area contributed by atoms with Crippen molar-refractivity contribution in [2.24, 2.45) is 0 Å². The molecule has 1 atom stereocenters. The Morgan fingerprint density at radius 1 is 1.00 bits per heavy atom. The van der Waals surface area contributed by atoms with Crippen LogP contribution in [0.25, 0.3) is 5.69 Å². The van der Waals surface area contributed by atoms with E-state index in [2.05, 4.69) is 26.6 Å². The fourth-order valence-corrected chi connectivity index (χ4v) is 4.50. The predicted molar refractivity (Wildman–Crippen MR) is 116 cm³/mol. The van der Waals surface area contributed by atoms with Gasteiger partial charge < -0.3 is 0 Å². The van der Waals surface area contributed by atoms with Crippen molar-refractivity contribution < 1.29 is 4.39 Å². The van der Waals surface area contributed by atoms with Gasteiger partial charge in [0.1, 0.15) is 5.82 Å². The molecule has 0 fully saturated rings. The third-order valence-corrected chi connectivity index (χ3v) is 6.74. The Kier molecular flexibility index (Phi) is 7.40. The van der Waals surface area contributed by atoms with Crippen molar-refractivity contribution in [1.29, 1.82) is 0 Å². The highest BCUT2D eigenvalue weighted by molar-refractivity contribution is 8.02. The van der Waals surface area contributed by atoms with Gasteiger partial charge in [0.25, 0.3) is 0 Å². The summed E-state index contributed by atoms with van der Waals surface area (Å²) in [5, 5.41) is 10.4. The quantitative estimate of drug-likeness (QED) is 0.340. The highest BCUT2D eigenvalue weighted by Crippen LogP contribution is 2.28. The topological polar surface area (TPSA) is 34.0 Å². The smallest absolute Gasteiger partial charge is 0.195 e. The van der Waals surface area contributed by atoms with Gasteiger partial charge in [-0.3, -0.25) is 9.47 Å². The molecule has 3 aromatic rings. The zero-order valence-corrected chi connectivity index (χ0v) is 18.4. The van der Waals surface area contributed by atoms with Gasteiger partial charge in [0.05, 0.1) is 6.04 Å². The van der Waals surface area contributed by atoms with Crippen LogP contribution in [0.4, 0.5) is 4.39 Å². The van der Waals surface area contributed by atoms with Gasteiger partial charge in [0, 0.05) is 27.1 Å². The molecule has 0 spiro atoms. The van der Waals surface area contributed by atoms with Gasteiger partial charge in [0.2, 0.25) is 0 Å². The van der Waals surface area contributed by atoms with E-state index >= 15 is 0 Å². The molecule has 0 amide bonds. The Bertz CT molecular complexity index is 898. The van der Waals surface area contributed by atoms with Gasteiger partial charge in [0.15, 0.2) is 11.0 Å². The molecule has 0 aliphatic heterocycles. The molecule has 2 aromatic carbocycles. The Hall–Kier alpha value is -1.54. The summed E-state index contributed by atoms with van der Waals surface area (Å²) in [5.41, 5.74) is 0.992. The van der Waals surface area contributed by atoms with Gasteiger partial charge >= 0.3 is 0 Å². The molecule has 148 valence electrons. The molecule has 1 aromatic heterocycles. The molecule has 0 saturated heterocycles. The van der Waals surface area contributed by atoms with Crippen molar-refractivity contribution in [3.05, 3.63) is 65.2 Å². The van der Waals surface area contributed by atoms with Gasteiger partial charge in [-0.1, -0.05) is 23.4 Å². The number of halogens is 2. The summed E-state index contributed by atoms with van der Waals surface area (Å²) in [6.45, 7) is 2.11. The monoisotopic (exact) mass is 436 g/mol. The number of thioether (sulfide) groups is 2. The minimum atomic E-state index is -0.211. The molecule has 28 heavy (non-hydrogen) atoms. The maximum absolute atomic E-state index is 13.0. The van der Waals surface area contributed by atoms with Crippen LogP contribution < -0.4 is 0 Å². The molecule has 1 heterocycles. The first kappa shape index (κ1) is 21.2.